The van der Waals surface area contributed by atoms with E-state index in [1.165, 1.54) is 17.2 Å². The first kappa shape index (κ1) is 22.4. The molecule has 0 saturated carbocycles. The Balaban J connectivity index is 1.25. The van der Waals surface area contributed by atoms with Gasteiger partial charge in [-0.1, -0.05) is 6.07 Å². The number of aromatic amines is 1. The van der Waals surface area contributed by atoms with Crippen LogP contribution in [-0.4, -0.2) is 48.6 Å². The molecule has 0 aliphatic carbocycles. The van der Waals surface area contributed by atoms with Gasteiger partial charge in [-0.05, 0) is 43.9 Å². The Morgan fingerprint density at radius 3 is 2.74 bits per heavy atom. The molecule has 180 valence electrons. The van der Waals surface area contributed by atoms with Crippen molar-refractivity contribution in [3.63, 3.8) is 0 Å². The van der Waals surface area contributed by atoms with E-state index >= 15 is 0 Å². The van der Waals surface area contributed by atoms with E-state index in [2.05, 4.69) is 31.0 Å². The number of imidazole rings is 1. The SMILES string of the molecule is Cc1cc(C)c2nc(CCC(=O)N3CCC[C@@]4(CC3)Cc3c(n(C)c(=O)n(C)c3=O)O4)[nH]c2c1. The van der Waals surface area contributed by atoms with Crippen LogP contribution in [0.15, 0.2) is 21.7 Å². The summed E-state index contributed by atoms with van der Waals surface area (Å²) in [4.78, 5) is 47.9. The fraction of sp³-hybridized carbons (Fsp3) is 0.520. The molecule has 2 aliphatic rings. The van der Waals surface area contributed by atoms with Crippen LogP contribution in [0.5, 0.6) is 5.88 Å². The van der Waals surface area contributed by atoms with Crippen molar-refractivity contribution in [1.82, 2.24) is 24.0 Å². The van der Waals surface area contributed by atoms with Gasteiger partial charge in [-0.25, -0.2) is 9.78 Å². The number of amides is 1. The van der Waals surface area contributed by atoms with E-state index in [-0.39, 0.29) is 17.2 Å². The molecule has 1 N–H and O–H groups in total. The number of aromatic nitrogens is 4. The van der Waals surface area contributed by atoms with E-state index in [0.717, 1.165) is 39.8 Å². The van der Waals surface area contributed by atoms with Crippen LogP contribution in [0, 0.1) is 13.8 Å². The molecule has 1 spiro atoms. The van der Waals surface area contributed by atoms with Crippen LogP contribution in [-0.2, 0) is 31.7 Å². The summed E-state index contributed by atoms with van der Waals surface area (Å²) in [7, 11) is 3.13. The number of fused-ring (bicyclic) bond motifs is 2. The van der Waals surface area contributed by atoms with Crippen molar-refractivity contribution in [3.05, 3.63) is 55.5 Å². The number of carbonyl (C=O) groups is 1. The highest BCUT2D eigenvalue weighted by molar-refractivity contribution is 5.80. The first-order valence-corrected chi connectivity index (χ1v) is 11.9. The van der Waals surface area contributed by atoms with Gasteiger partial charge in [0.15, 0.2) is 0 Å². The standard InChI is InChI=1S/C25H31N5O4/c1-15-12-16(2)21-18(13-15)26-19(27-21)6-7-20(31)30-10-5-8-25(9-11-30)14-17-22(32)28(3)24(33)29(4)23(17)34-25/h12-13H,5-11,14H2,1-4H3,(H,26,27)/t25-/m1/s1. The maximum absolute atomic E-state index is 13.0. The van der Waals surface area contributed by atoms with Crippen LogP contribution in [0.4, 0.5) is 0 Å². The van der Waals surface area contributed by atoms with Crippen molar-refractivity contribution >= 4 is 16.9 Å². The lowest BCUT2D eigenvalue weighted by molar-refractivity contribution is -0.131. The van der Waals surface area contributed by atoms with E-state index < -0.39 is 5.60 Å². The van der Waals surface area contributed by atoms with Gasteiger partial charge in [-0.2, -0.15) is 0 Å². The predicted octanol–water partition coefficient (Wildman–Crippen LogP) is 1.90. The first-order chi connectivity index (χ1) is 16.2. The molecule has 5 rings (SSSR count). The van der Waals surface area contributed by atoms with Gasteiger partial charge in [0.25, 0.3) is 5.56 Å². The zero-order valence-corrected chi connectivity index (χ0v) is 20.2. The van der Waals surface area contributed by atoms with Crippen molar-refractivity contribution < 1.29 is 9.53 Å². The summed E-state index contributed by atoms with van der Waals surface area (Å²) in [6.07, 6.45) is 3.59. The third-order valence-electron chi connectivity index (χ3n) is 7.31. The smallest absolute Gasteiger partial charge is 0.333 e. The molecule has 9 heteroatoms. The number of likely N-dealkylation sites (tertiary alicyclic amines) is 1. The van der Waals surface area contributed by atoms with Crippen LogP contribution in [0.3, 0.4) is 0 Å². The van der Waals surface area contributed by atoms with Gasteiger partial charge in [0.1, 0.15) is 11.4 Å². The lowest BCUT2D eigenvalue weighted by atomic mass is 9.90. The summed E-state index contributed by atoms with van der Waals surface area (Å²) >= 11 is 0. The molecule has 1 aromatic carbocycles. The van der Waals surface area contributed by atoms with Crippen molar-refractivity contribution in [2.45, 2.75) is 58.0 Å². The van der Waals surface area contributed by atoms with Gasteiger partial charge < -0.3 is 14.6 Å². The third-order valence-corrected chi connectivity index (χ3v) is 7.31. The number of hydrogen-bond acceptors (Lipinski definition) is 5. The highest BCUT2D eigenvalue weighted by Crippen LogP contribution is 2.38. The number of H-pyrrole nitrogens is 1. The van der Waals surface area contributed by atoms with Crippen molar-refractivity contribution in [3.8, 4) is 5.88 Å². The zero-order chi connectivity index (χ0) is 24.2. The molecule has 1 saturated heterocycles. The normalized spacial score (nSPS) is 19.9. The molecule has 1 fully saturated rings. The summed E-state index contributed by atoms with van der Waals surface area (Å²) in [6, 6.07) is 4.19. The van der Waals surface area contributed by atoms with Crippen molar-refractivity contribution in [2.24, 2.45) is 14.1 Å². The third kappa shape index (κ3) is 3.73. The van der Waals surface area contributed by atoms with Gasteiger partial charge in [-0.15, -0.1) is 0 Å². The second-order valence-corrected chi connectivity index (χ2v) is 9.85. The average molecular weight is 466 g/mol. The van der Waals surface area contributed by atoms with E-state index in [4.69, 9.17) is 9.72 Å². The van der Waals surface area contributed by atoms with Crippen LogP contribution in [0.1, 0.15) is 48.2 Å². The predicted molar refractivity (Wildman–Crippen MR) is 128 cm³/mol. The van der Waals surface area contributed by atoms with Crippen LogP contribution >= 0.6 is 0 Å². The second-order valence-electron chi connectivity index (χ2n) is 9.85. The molecule has 0 bridgehead atoms. The molecule has 2 aromatic heterocycles. The van der Waals surface area contributed by atoms with Crippen LogP contribution < -0.4 is 16.0 Å². The molecule has 3 aromatic rings. The number of aryl methyl sites for hydroxylation is 3. The van der Waals surface area contributed by atoms with Crippen LogP contribution in [0.2, 0.25) is 0 Å². The lowest BCUT2D eigenvalue weighted by Crippen LogP contribution is -2.38. The minimum Gasteiger partial charge on any atom is -0.471 e. The number of ether oxygens (including phenoxy) is 1. The fourth-order valence-corrected chi connectivity index (χ4v) is 5.46. The number of benzene rings is 1. The van der Waals surface area contributed by atoms with Crippen molar-refractivity contribution in [2.75, 3.05) is 13.1 Å². The Hall–Kier alpha value is -3.36. The maximum atomic E-state index is 13.0. The summed E-state index contributed by atoms with van der Waals surface area (Å²) < 4.78 is 8.82. The van der Waals surface area contributed by atoms with E-state index in [9.17, 15) is 14.4 Å². The van der Waals surface area contributed by atoms with Gasteiger partial charge >= 0.3 is 5.69 Å². The Bertz CT molecular complexity index is 1420. The molecule has 1 atom stereocenters. The first-order valence-electron chi connectivity index (χ1n) is 11.9. The molecule has 1 amide bonds. The van der Waals surface area contributed by atoms with Gasteiger partial charge in [-0.3, -0.25) is 18.7 Å². The minimum atomic E-state index is -0.538. The monoisotopic (exact) mass is 465 g/mol. The summed E-state index contributed by atoms with van der Waals surface area (Å²) in [5.74, 6) is 1.31. The van der Waals surface area contributed by atoms with E-state index in [0.29, 0.717) is 50.2 Å². The topological polar surface area (TPSA) is 102 Å². The minimum absolute atomic E-state index is 0.101. The molecule has 34 heavy (non-hydrogen) atoms. The fourth-order valence-electron chi connectivity index (χ4n) is 5.46. The van der Waals surface area contributed by atoms with Gasteiger partial charge in [0.2, 0.25) is 11.8 Å². The molecule has 4 heterocycles. The number of carbonyl (C=O) groups excluding carboxylic acids is 1. The lowest BCUT2D eigenvalue weighted by Gasteiger charge is -2.27. The highest BCUT2D eigenvalue weighted by Gasteiger charge is 2.44. The van der Waals surface area contributed by atoms with Crippen molar-refractivity contribution in [1.29, 1.82) is 0 Å². The van der Waals surface area contributed by atoms with E-state index in [1.54, 1.807) is 7.05 Å². The Kier molecular flexibility index (Phi) is 5.37. The highest BCUT2D eigenvalue weighted by atomic mass is 16.5. The number of nitrogens with one attached hydrogen (secondary N) is 1. The molecular formula is C25H31N5O4. The molecular weight excluding hydrogens is 434 g/mol. The Morgan fingerprint density at radius 1 is 1.15 bits per heavy atom. The second kappa shape index (κ2) is 8.14. The number of nitrogens with zero attached hydrogens (tertiary/aromatic N) is 4. The average Bonchev–Trinajstić information content (AvgIpc) is 3.32. The quantitative estimate of drug-likeness (QED) is 0.637. The number of hydrogen-bond donors (Lipinski definition) is 1. The largest absolute Gasteiger partial charge is 0.471 e. The molecule has 9 nitrogen and oxygen atoms in total. The number of rotatable bonds is 3. The molecule has 0 unspecified atom stereocenters. The molecule has 2 aliphatic heterocycles. The zero-order valence-electron chi connectivity index (χ0n) is 20.2. The van der Waals surface area contributed by atoms with Gasteiger partial charge in [0, 0.05) is 52.9 Å². The summed E-state index contributed by atoms with van der Waals surface area (Å²) in [6.45, 7) is 5.34. The summed E-state index contributed by atoms with van der Waals surface area (Å²) in [5, 5.41) is 0. The van der Waals surface area contributed by atoms with Crippen LogP contribution in [0.25, 0.3) is 11.0 Å². The Morgan fingerprint density at radius 2 is 1.94 bits per heavy atom. The summed E-state index contributed by atoms with van der Waals surface area (Å²) in [5.41, 5.74) is 3.63. The maximum Gasteiger partial charge on any atom is 0.333 e. The van der Waals surface area contributed by atoms with Gasteiger partial charge in [0.05, 0.1) is 16.6 Å². The van der Waals surface area contributed by atoms with E-state index in [1.807, 2.05) is 4.90 Å². The Labute approximate surface area is 197 Å². The molecule has 0 radical (unpaired) electrons.